The highest BCUT2D eigenvalue weighted by molar-refractivity contribution is 6.46. The van der Waals surface area contributed by atoms with Gasteiger partial charge in [0, 0.05) is 24.5 Å². The van der Waals surface area contributed by atoms with Gasteiger partial charge in [-0.25, -0.2) is 4.39 Å². The van der Waals surface area contributed by atoms with Crippen molar-refractivity contribution >= 4 is 17.4 Å². The van der Waals surface area contributed by atoms with Crippen LogP contribution in [0, 0.1) is 5.82 Å². The van der Waals surface area contributed by atoms with Crippen molar-refractivity contribution in [2.24, 2.45) is 0 Å². The summed E-state index contributed by atoms with van der Waals surface area (Å²) in [5.41, 5.74) is 2.29. The first kappa shape index (κ1) is 25.7. The van der Waals surface area contributed by atoms with Crippen molar-refractivity contribution in [1.82, 2.24) is 9.88 Å². The zero-order valence-electron chi connectivity index (χ0n) is 21.1. The van der Waals surface area contributed by atoms with E-state index in [2.05, 4.69) is 4.98 Å². The molecule has 1 aliphatic heterocycles. The average molecular weight is 525 g/mol. The van der Waals surface area contributed by atoms with Gasteiger partial charge >= 0.3 is 0 Å². The summed E-state index contributed by atoms with van der Waals surface area (Å²) in [6.45, 7) is 0.488. The summed E-state index contributed by atoms with van der Waals surface area (Å²) in [6.07, 6.45) is 3.19. The maximum absolute atomic E-state index is 14.5. The standard InChI is InChI=1S/C31H25FN2O5/c1-38-26-12-9-23(17-25(26)32)29(35)27-28(34(31(37)30(27)36)18-20-13-15-33-16-14-20)22-7-10-24(11-8-22)39-19-21-5-3-2-4-6-21/h2-17,28,35H,18-19H2,1H3/b29-27-. The zero-order valence-corrected chi connectivity index (χ0v) is 21.1. The smallest absolute Gasteiger partial charge is 0.295 e. The second-order valence-corrected chi connectivity index (χ2v) is 8.98. The Hall–Kier alpha value is -4.98. The van der Waals surface area contributed by atoms with Gasteiger partial charge in [-0.05, 0) is 59.2 Å². The van der Waals surface area contributed by atoms with E-state index in [0.717, 1.165) is 17.2 Å². The van der Waals surface area contributed by atoms with Gasteiger partial charge in [-0.3, -0.25) is 14.6 Å². The van der Waals surface area contributed by atoms with Gasteiger partial charge in [0.2, 0.25) is 0 Å². The number of aromatic nitrogens is 1. The number of aliphatic hydroxyl groups is 1. The summed E-state index contributed by atoms with van der Waals surface area (Å²) in [5, 5.41) is 11.2. The number of ketones is 1. The van der Waals surface area contributed by atoms with Crippen LogP contribution >= 0.6 is 0 Å². The van der Waals surface area contributed by atoms with E-state index < -0.39 is 29.3 Å². The first-order chi connectivity index (χ1) is 19.0. The molecule has 0 radical (unpaired) electrons. The Bertz CT molecular complexity index is 1520. The predicted molar refractivity (Wildman–Crippen MR) is 142 cm³/mol. The van der Waals surface area contributed by atoms with Gasteiger partial charge in [-0.1, -0.05) is 42.5 Å². The highest BCUT2D eigenvalue weighted by Gasteiger charge is 2.46. The lowest BCUT2D eigenvalue weighted by molar-refractivity contribution is -0.140. The number of hydrogen-bond donors (Lipinski definition) is 1. The molecule has 3 aromatic carbocycles. The molecule has 1 N–H and O–H groups in total. The molecule has 8 heteroatoms. The van der Waals surface area contributed by atoms with Crippen molar-refractivity contribution in [3.8, 4) is 11.5 Å². The number of ether oxygens (including phenoxy) is 2. The van der Waals surface area contributed by atoms with E-state index in [4.69, 9.17) is 9.47 Å². The zero-order chi connectivity index (χ0) is 27.4. The summed E-state index contributed by atoms with van der Waals surface area (Å²) in [6, 6.07) is 23.2. The molecule has 5 rings (SSSR count). The van der Waals surface area contributed by atoms with Crippen LogP contribution in [0.4, 0.5) is 4.39 Å². The number of aliphatic hydroxyl groups excluding tert-OH is 1. The minimum Gasteiger partial charge on any atom is -0.507 e. The van der Waals surface area contributed by atoms with Crippen molar-refractivity contribution in [2.45, 2.75) is 19.2 Å². The molecule has 1 aliphatic rings. The van der Waals surface area contributed by atoms with Crippen LogP contribution in [0.15, 0.2) is 103 Å². The second-order valence-electron chi connectivity index (χ2n) is 8.98. The summed E-state index contributed by atoms with van der Waals surface area (Å²) in [5.74, 6) is -2.20. The maximum atomic E-state index is 14.5. The number of carbonyl (C=O) groups excluding carboxylic acids is 2. The van der Waals surface area contributed by atoms with Gasteiger partial charge in [0.25, 0.3) is 11.7 Å². The summed E-state index contributed by atoms with van der Waals surface area (Å²) < 4.78 is 25.3. The number of benzene rings is 3. The molecule has 1 saturated heterocycles. The normalized spacial score (nSPS) is 16.4. The minimum absolute atomic E-state index is 0.00710. The van der Waals surface area contributed by atoms with Crippen LogP contribution in [-0.4, -0.2) is 33.8 Å². The first-order valence-corrected chi connectivity index (χ1v) is 12.2. The van der Waals surface area contributed by atoms with Crippen LogP contribution in [0.5, 0.6) is 11.5 Å². The van der Waals surface area contributed by atoms with E-state index in [1.807, 2.05) is 30.3 Å². The van der Waals surface area contributed by atoms with Crippen molar-refractivity contribution in [3.63, 3.8) is 0 Å². The minimum atomic E-state index is -0.911. The van der Waals surface area contributed by atoms with Crippen LogP contribution in [0.3, 0.4) is 0 Å². The Kier molecular flexibility index (Phi) is 7.36. The topological polar surface area (TPSA) is 89.0 Å². The Labute approximate surface area is 224 Å². The van der Waals surface area contributed by atoms with Gasteiger partial charge in [-0.2, -0.15) is 0 Å². The summed E-state index contributed by atoms with van der Waals surface area (Å²) in [4.78, 5) is 31.9. The highest BCUT2D eigenvalue weighted by atomic mass is 19.1. The average Bonchev–Trinajstić information content (AvgIpc) is 3.22. The molecule has 1 amide bonds. The molecule has 7 nitrogen and oxygen atoms in total. The fraction of sp³-hybridized carbons (Fsp3) is 0.129. The molecule has 1 unspecified atom stereocenters. The summed E-state index contributed by atoms with van der Waals surface area (Å²) >= 11 is 0. The number of halogens is 1. The molecular formula is C31H25FN2O5. The molecule has 1 atom stereocenters. The van der Waals surface area contributed by atoms with Crippen LogP contribution in [0.1, 0.15) is 28.3 Å². The van der Waals surface area contributed by atoms with Crippen molar-refractivity contribution in [2.75, 3.05) is 7.11 Å². The number of pyridine rings is 1. The van der Waals surface area contributed by atoms with E-state index in [0.29, 0.717) is 17.9 Å². The van der Waals surface area contributed by atoms with E-state index in [1.54, 1.807) is 48.8 Å². The van der Waals surface area contributed by atoms with Crippen molar-refractivity contribution in [3.05, 3.63) is 131 Å². The number of likely N-dealkylation sites (tertiary alicyclic amines) is 1. The highest BCUT2D eigenvalue weighted by Crippen LogP contribution is 2.41. The number of Topliss-reactive ketones (excluding diaryl/α,β-unsaturated/α-hetero) is 1. The van der Waals surface area contributed by atoms with Crippen LogP contribution in [0.2, 0.25) is 0 Å². The van der Waals surface area contributed by atoms with Gasteiger partial charge in [0.15, 0.2) is 11.6 Å². The number of methoxy groups -OCH3 is 1. The Balaban J connectivity index is 1.53. The number of hydrogen-bond acceptors (Lipinski definition) is 6. The molecular weight excluding hydrogens is 499 g/mol. The molecule has 4 aromatic rings. The van der Waals surface area contributed by atoms with Gasteiger partial charge in [0.1, 0.15) is 18.1 Å². The lowest BCUT2D eigenvalue weighted by atomic mass is 9.95. The monoisotopic (exact) mass is 524 g/mol. The maximum Gasteiger partial charge on any atom is 0.295 e. The molecule has 2 heterocycles. The third-order valence-electron chi connectivity index (χ3n) is 6.51. The molecule has 0 spiro atoms. The van der Waals surface area contributed by atoms with E-state index in [1.165, 1.54) is 24.1 Å². The van der Waals surface area contributed by atoms with Gasteiger partial charge in [-0.15, -0.1) is 0 Å². The van der Waals surface area contributed by atoms with Gasteiger partial charge < -0.3 is 19.5 Å². The number of carbonyl (C=O) groups is 2. The fourth-order valence-corrected chi connectivity index (χ4v) is 4.53. The lowest BCUT2D eigenvalue weighted by Gasteiger charge is -2.25. The summed E-state index contributed by atoms with van der Waals surface area (Å²) in [7, 11) is 1.33. The SMILES string of the molecule is COc1ccc(/C(O)=C2/C(=O)C(=O)N(Cc3ccncc3)C2c2ccc(OCc3ccccc3)cc2)cc1F. The number of nitrogens with zero attached hydrogens (tertiary/aromatic N) is 2. The molecule has 196 valence electrons. The number of rotatable bonds is 8. The molecule has 1 fully saturated rings. The predicted octanol–water partition coefficient (Wildman–Crippen LogP) is 5.43. The van der Waals surface area contributed by atoms with E-state index in [-0.39, 0.29) is 23.4 Å². The molecule has 0 saturated carbocycles. The van der Waals surface area contributed by atoms with Crippen molar-refractivity contribution in [1.29, 1.82) is 0 Å². The van der Waals surface area contributed by atoms with Crippen LogP contribution < -0.4 is 9.47 Å². The van der Waals surface area contributed by atoms with Crippen LogP contribution in [0.25, 0.3) is 5.76 Å². The van der Waals surface area contributed by atoms with E-state index in [9.17, 15) is 19.1 Å². The molecule has 1 aromatic heterocycles. The molecule has 0 bridgehead atoms. The first-order valence-electron chi connectivity index (χ1n) is 12.2. The Morgan fingerprint density at radius 1 is 0.949 bits per heavy atom. The van der Waals surface area contributed by atoms with Crippen LogP contribution in [-0.2, 0) is 22.7 Å². The second kappa shape index (κ2) is 11.2. The van der Waals surface area contributed by atoms with Gasteiger partial charge in [0.05, 0.1) is 18.7 Å². The van der Waals surface area contributed by atoms with E-state index >= 15 is 0 Å². The molecule has 0 aliphatic carbocycles. The third kappa shape index (κ3) is 5.36. The Morgan fingerprint density at radius 2 is 1.67 bits per heavy atom. The lowest BCUT2D eigenvalue weighted by Crippen LogP contribution is -2.29. The third-order valence-corrected chi connectivity index (χ3v) is 6.51. The largest absolute Gasteiger partial charge is 0.507 e. The quantitative estimate of drug-likeness (QED) is 0.188. The fourth-order valence-electron chi connectivity index (χ4n) is 4.53. The molecule has 39 heavy (non-hydrogen) atoms. The Morgan fingerprint density at radius 3 is 2.33 bits per heavy atom. The number of amides is 1. The van der Waals surface area contributed by atoms with Crippen molar-refractivity contribution < 1.29 is 28.6 Å².